The zero-order valence-electron chi connectivity index (χ0n) is 11.1. The van der Waals surface area contributed by atoms with Gasteiger partial charge in [-0.15, -0.1) is 0 Å². The fraction of sp³-hybridized carbons (Fsp3) is 0.471. The van der Waals surface area contributed by atoms with Gasteiger partial charge in [-0.25, -0.2) is 0 Å². The predicted molar refractivity (Wildman–Crippen MR) is 75.3 cm³/mol. The van der Waals surface area contributed by atoms with Crippen molar-refractivity contribution in [1.82, 2.24) is 0 Å². The zero-order valence-corrected chi connectivity index (χ0v) is 11.1. The van der Waals surface area contributed by atoms with E-state index >= 15 is 0 Å². The van der Waals surface area contributed by atoms with Crippen LogP contribution in [0.3, 0.4) is 0 Å². The number of nitrogens with zero attached hydrogens (tertiary/aromatic N) is 1. The van der Waals surface area contributed by atoms with Crippen molar-refractivity contribution in [1.29, 1.82) is 5.26 Å². The first-order valence-electron chi connectivity index (χ1n) is 7.05. The highest BCUT2D eigenvalue weighted by atomic mass is 16.3. The topological polar surface area (TPSA) is 44.0 Å². The Hall–Kier alpha value is -1.59. The molecule has 0 aliphatic heterocycles. The molecule has 3 aliphatic rings. The fourth-order valence-electron chi connectivity index (χ4n) is 3.43. The molecule has 2 heteroatoms. The summed E-state index contributed by atoms with van der Waals surface area (Å²) < 4.78 is 0. The summed E-state index contributed by atoms with van der Waals surface area (Å²) in [6.45, 7) is 0. The van der Waals surface area contributed by atoms with Crippen molar-refractivity contribution in [3.8, 4) is 6.07 Å². The highest BCUT2D eigenvalue weighted by molar-refractivity contribution is 5.53. The van der Waals surface area contributed by atoms with E-state index in [1.807, 2.05) is 24.3 Å². The summed E-state index contributed by atoms with van der Waals surface area (Å²) in [6.07, 6.45) is 10.6. The molecule has 0 radical (unpaired) electrons. The van der Waals surface area contributed by atoms with Crippen LogP contribution in [0.1, 0.15) is 49.7 Å². The average Bonchev–Trinajstić information content (AvgIpc) is 2.47. The average molecular weight is 253 g/mol. The van der Waals surface area contributed by atoms with Gasteiger partial charge in [0.15, 0.2) is 0 Å². The van der Waals surface area contributed by atoms with Gasteiger partial charge in [0.1, 0.15) is 0 Å². The van der Waals surface area contributed by atoms with E-state index in [2.05, 4.69) is 18.2 Å². The Labute approximate surface area is 114 Å². The van der Waals surface area contributed by atoms with Crippen LogP contribution in [0, 0.1) is 16.7 Å². The number of hydrogen-bond acceptors (Lipinski definition) is 2. The van der Waals surface area contributed by atoms with Crippen LogP contribution >= 0.6 is 0 Å². The van der Waals surface area contributed by atoms with E-state index in [9.17, 15) is 5.11 Å². The SMILES string of the molecule is N#Cc1cccc(/C=C/C23CCC(O)(CC2)CC3)c1. The minimum atomic E-state index is -0.365. The molecule has 0 saturated heterocycles. The van der Waals surface area contributed by atoms with Gasteiger partial charge in [-0.1, -0.05) is 24.3 Å². The van der Waals surface area contributed by atoms with Gasteiger partial charge < -0.3 is 5.11 Å². The smallest absolute Gasteiger partial charge is 0.0991 e. The lowest BCUT2D eigenvalue weighted by molar-refractivity contribution is -0.0757. The van der Waals surface area contributed by atoms with Crippen LogP contribution in [0.4, 0.5) is 0 Å². The third-order valence-electron chi connectivity index (χ3n) is 4.91. The van der Waals surface area contributed by atoms with E-state index < -0.39 is 0 Å². The van der Waals surface area contributed by atoms with Crippen LogP contribution < -0.4 is 0 Å². The monoisotopic (exact) mass is 253 g/mol. The van der Waals surface area contributed by atoms with E-state index in [1.54, 1.807) is 0 Å². The molecule has 1 aromatic carbocycles. The molecule has 3 aliphatic carbocycles. The molecule has 2 nitrogen and oxygen atoms in total. The first-order chi connectivity index (χ1) is 9.13. The summed E-state index contributed by atoms with van der Waals surface area (Å²) in [5, 5.41) is 19.1. The maximum atomic E-state index is 10.2. The molecule has 3 saturated carbocycles. The minimum Gasteiger partial charge on any atom is -0.390 e. The first kappa shape index (κ1) is 12.4. The van der Waals surface area contributed by atoms with Crippen molar-refractivity contribution < 1.29 is 5.11 Å². The Morgan fingerprint density at radius 2 is 1.79 bits per heavy atom. The number of allylic oxidation sites excluding steroid dienone is 1. The van der Waals surface area contributed by atoms with E-state index in [1.165, 1.54) is 0 Å². The van der Waals surface area contributed by atoms with Gasteiger partial charge in [-0.3, -0.25) is 0 Å². The van der Waals surface area contributed by atoms with Crippen molar-refractivity contribution in [3.63, 3.8) is 0 Å². The number of aliphatic hydroxyl groups is 1. The highest BCUT2D eigenvalue weighted by Gasteiger charge is 2.46. The van der Waals surface area contributed by atoms with Gasteiger partial charge >= 0.3 is 0 Å². The van der Waals surface area contributed by atoms with Crippen molar-refractivity contribution in [2.45, 2.75) is 44.1 Å². The molecule has 0 atom stereocenters. The number of benzene rings is 1. The Morgan fingerprint density at radius 1 is 1.11 bits per heavy atom. The lowest BCUT2D eigenvalue weighted by Crippen LogP contribution is -2.44. The van der Waals surface area contributed by atoms with Crippen LogP contribution in [0.25, 0.3) is 6.08 Å². The second kappa shape index (κ2) is 4.51. The lowest BCUT2D eigenvalue weighted by Gasteiger charge is -2.49. The van der Waals surface area contributed by atoms with E-state index in [-0.39, 0.29) is 11.0 Å². The van der Waals surface area contributed by atoms with E-state index in [0.717, 1.165) is 44.1 Å². The quantitative estimate of drug-likeness (QED) is 0.874. The maximum Gasteiger partial charge on any atom is 0.0991 e. The number of hydrogen-bond donors (Lipinski definition) is 1. The normalized spacial score (nSPS) is 33.5. The molecule has 1 N–H and O–H groups in total. The second-order valence-corrected chi connectivity index (χ2v) is 6.16. The molecule has 0 spiro atoms. The minimum absolute atomic E-state index is 0.285. The highest BCUT2D eigenvalue weighted by Crippen LogP contribution is 2.53. The Bertz CT molecular complexity index is 528. The lowest BCUT2D eigenvalue weighted by atomic mass is 9.58. The third-order valence-corrected chi connectivity index (χ3v) is 4.91. The number of nitriles is 1. The molecule has 19 heavy (non-hydrogen) atoms. The molecule has 2 bridgehead atoms. The molecule has 4 rings (SSSR count). The summed E-state index contributed by atoms with van der Waals surface area (Å²) >= 11 is 0. The van der Waals surface area contributed by atoms with Crippen LogP contribution in [0.5, 0.6) is 0 Å². The Balaban J connectivity index is 1.78. The van der Waals surface area contributed by atoms with E-state index in [4.69, 9.17) is 5.26 Å². The molecule has 0 heterocycles. The summed E-state index contributed by atoms with van der Waals surface area (Å²) in [5.74, 6) is 0. The van der Waals surface area contributed by atoms with Gasteiger partial charge in [0.05, 0.1) is 17.2 Å². The van der Waals surface area contributed by atoms with Crippen molar-refractivity contribution in [2.24, 2.45) is 5.41 Å². The Kier molecular flexibility index (Phi) is 2.95. The summed E-state index contributed by atoms with van der Waals surface area (Å²) in [6, 6.07) is 9.90. The second-order valence-electron chi connectivity index (χ2n) is 6.16. The van der Waals surface area contributed by atoms with E-state index in [0.29, 0.717) is 5.56 Å². The predicted octanol–water partition coefficient (Wildman–Crippen LogP) is 3.66. The van der Waals surface area contributed by atoms with Gasteiger partial charge in [0.25, 0.3) is 0 Å². The van der Waals surface area contributed by atoms with Crippen LogP contribution in [0.2, 0.25) is 0 Å². The number of rotatable bonds is 2. The van der Waals surface area contributed by atoms with Gasteiger partial charge in [0.2, 0.25) is 0 Å². The standard InChI is InChI=1S/C17H19NO/c18-13-15-3-1-2-14(12-15)4-5-16-6-9-17(19,10-7-16)11-8-16/h1-5,12,19H,6-11H2/b5-4+. The molecular formula is C17H19NO. The molecular weight excluding hydrogens is 234 g/mol. The van der Waals surface area contributed by atoms with Crippen LogP contribution in [-0.2, 0) is 0 Å². The van der Waals surface area contributed by atoms with Gasteiger partial charge in [-0.2, -0.15) is 5.26 Å². The van der Waals surface area contributed by atoms with Crippen LogP contribution in [-0.4, -0.2) is 10.7 Å². The summed E-state index contributed by atoms with van der Waals surface area (Å²) in [5.41, 5.74) is 1.73. The van der Waals surface area contributed by atoms with Crippen LogP contribution in [0.15, 0.2) is 30.3 Å². The molecule has 1 aromatic rings. The first-order valence-corrected chi connectivity index (χ1v) is 7.05. The van der Waals surface area contributed by atoms with Crippen molar-refractivity contribution in [3.05, 3.63) is 41.5 Å². The molecule has 0 aromatic heterocycles. The van der Waals surface area contributed by atoms with Gasteiger partial charge in [0, 0.05) is 0 Å². The fourth-order valence-corrected chi connectivity index (χ4v) is 3.43. The van der Waals surface area contributed by atoms with Crippen molar-refractivity contribution >= 4 is 6.08 Å². The molecule has 3 fully saturated rings. The largest absolute Gasteiger partial charge is 0.390 e. The van der Waals surface area contributed by atoms with Gasteiger partial charge in [-0.05, 0) is 61.6 Å². The third kappa shape index (κ3) is 2.43. The Morgan fingerprint density at radius 3 is 2.42 bits per heavy atom. The summed E-state index contributed by atoms with van der Waals surface area (Å²) in [7, 11) is 0. The zero-order chi connectivity index (χ0) is 13.3. The summed E-state index contributed by atoms with van der Waals surface area (Å²) in [4.78, 5) is 0. The number of fused-ring (bicyclic) bond motifs is 3. The molecule has 98 valence electrons. The molecule has 0 amide bonds. The van der Waals surface area contributed by atoms with Crippen molar-refractivity contribution in [2.75, 3.05) is 0 Å². The maximum absolute atomic E-state index is 10.2. The molecule has 0 unspecified atom stereocenters.